The second-order valence-corrected chi connectivity index (χ2v) is 16.3. The summed E-state index contributed by atoms with van der Waals surface area (Å²) >= 11 is 0. The minimum Gasteiger partial charge on any atom is -0.550 e. The monoisotopic (exact) mass is 949 g/mol. The molecule has 0 spiro atoms. The second-order valence-electron chi connectivity index (χ2n) is 16.3. The Hall–Kier alpha value is -1.21. The molecule has 0 radical (unpaired) electrons. The van der Waals surface area contributed by atoms with E-state index in [0.717, 1.165) is 36.8 Å². The minimum atomic E-state index is -1.24. The molecule has 2 aromatic rings. The number of benzene rings is 2. The Bertz CT molecular complexity index is 1110. The van der Waals surface area contributed by atoms with Gasteiger partial charge in [-0.2, -0.15) is 0 Å². The molecule has 332 valence electrons. The van der Waals surface area contributed by atoms with Gasteiger partial charge in [0.2, 0.25) is 0 Å². The number of aliphatic hydroxyl groups is 2. The van der Waals surface area contributed by atoms with Gasteiger partial charge in [-0.25, -0.2) is 0 Å². The summed E-state index contributed by atoms with van der Waals surface area (Å²) in [7, 11) is 0. The summed E-state index contributed by atoms with van der Waals surface area (Å²) < 4.78 is 11.7. The minimum absolute atomic E-state index is 0. The van der Waals surface area contributed by atoms with Gasteiger partial charge in [-0.05, 0) is 24.0 Å². The average Bonchev–Trinajstić information content (AvgIpc) is 3.21. The topological polar surface area (TPSA) is 139 Å². The van der Waals surface area contributed by atoms with Gasteiger partial charge in [0.15, 0.2) is 0 Å². The van der Waals surface area contributed by atoms with E-state index >= 15 is 0 Å². The van der Waals surface area contributed by atoms with Gasteiger partial charge in [-0.1, -0.05) is 229 Å². The molecule has 4 unspecified atom stereocenters. The Morgan fingerprint density at radius 2 is 0.712 bits per heavy atom. The Kier molecular flexibility index (Phi) is 41.2. The first-order chi connectivity index (χ1) is 28.3. The molecule has 8 nitrogen and oxygen atoms in total. The number of rotatable bonds is 38. The van der Waals surface area contributed by atoms with E-state index in [2.05, 4.69) is 13.8 Å². The largest absolute Gasteiger partial charge is 2.00 e. The van der Waals surface area contributed by atoms with Crippen molar-refractivity contribution in [2.75, 3.05) is 0 Å². The maximum absolute atomic E-state index is 10.8. The molecule has 0 aromatic heterocycles. The van der Waals surface area contributed by atoms with Gasteiger partial charge in [0.1, 0.15) is 0 Å². The Morgan fingerprint density at radius 1 is 0.458 bits per heavy atom. The van der Waals surface area contributed by atoms with E-state index in [4.69, 9.17) is 9.47 Å². The van der Waals surface area contributed by atoms with Gasteiger partial charge in [-0.3, -0.25) is 0 Å². The third-order valence-electron chi connectivity index (χ3n) is 10.9. The molecule has 0 aliphatic heterocycles. The number of ether oxygens (including phenoxy) is 2. The molecule has 0 bridgehead atoms. The maximum atomic E-state index is 10.8. The zero-order chi connectivity index (χ0) is 42.3. The van der Waals surface area contributed by atoms with E-state index in [1.54, 1.807) is 0 Å². The van der Waals surface area contributed by atoms with Crippen LogP contribution in [-0.2, 0) is 32.3 Å². The predicted molar refractivity (Wildman–Crippen MR) is 238 cm³/mol. The number of carboxylic acids is 2. The molecular weight excluding hydrogens is 866 g/mol. The molecule has 9 heteroatoms. The standard InChI is InChI=1S/2C25H42O4.Ba/c2*1-2-3-4-5-6-7-8-9-10-11-12-16-19-24(23(26)20-25(27)28)29-21-22-17-14-13-15-18-22;/h2*13-15,17-18,23-24,26H,2-12,16,19-21H2,1H3,(H,27,28);/q;;+2/p-2. The van der Waals surface area contributed by atoms with E-state index < -0.39 is 36.4 Å². The maximum Gasteiger partial charge on any atom is 2.00 e. The number of unbranched alkanes of at least 4 members (excludes halogenated alkanes) is 22. The molecule has 0 saturated carbocycles. The van der Waals surface area contributed by atoms with Crippen LogP contribution < -0.4 is 10.2 Å². The van der Waals surface area contributed by atoms with E-state index in [1.807, 2.05) is 60.7 Å². The van der Waals surface area contributed by atoms with Crippen LogP contribution in [0.1, 0.15) is 205 Å². The van der Waals surface area contributed by atoms with Gasteiger partial charge in [0, 0.05) is 24.8 Å². The quantitative estimate of drug-likeness (QED) is 0.0501. The van der Waals surface area contributed by atoms with Crippen molar-refractivity contribution in [2.45, 2.75) is 231 Å². The molecule has 0 amide bonds. The zero-order valence-corrected chi connectivity index (χ0v) is 41.8. The average molecular weight is 949 g/mol. The summed E-state index contributed by atoms with van der Waals surface area (Å²) in [5.41, 5.74) is 2.04. The van der Waals surface area contributed by atoms with Crippen LogP contribution in [0.3, 0.4) is 0 Å². The third-order valence-corrected chi connectivity index (χ3v) is 10.9. The van der Waals surface area contributed by atoms with E-state index in [0.29, 0.717) is 26.1 Å². The SMILES string of the molecule is CCCCCCCCCCCCCCC(OCc1ccccc1)C(O)CC(=O)[O-].CCCCCCCCCCCCCCC(OCc1ccccc1)C(O)CC(=O)[O-].[Ba+2]. The molecule has 2 rings (SSSR count). The number of carboxylic acid groups (broad SMARTS) is 2. The van der Waals surface area contributed by atoms with Crippen molar-refractivity contribution in [2.24, 2.45) is 0 Å². The summed E-state index contributed by atoms with van der Waals surface area (Å²) in [6, 6.07) is 19.5. The van der Waals surface area contributed by atoms with Gasteiger partial charge in [0.05, 0.1) is 37.6 Å². The first kappa shape index (κ1) is 57.8. The molecule has 0 aliphatic rings. The fourth-order valence-electron chi connectivity index (χ4n) is 7.31. The van der Waals surface area contributed by atoms with Gasteiger partial charge in [0.25, 0.3) is 0 Å². The van der Waals surface area contributed by atoms with E-state index in [1.165, 1.54) is 128 Å². The molecule has 0 heterocycles. The predicted octanol–water partition coefficient (Wildman–Crippen LogP) is 9.95. The van der Waals surface area contributed by atoms with Crippen LogP contribution >= 0.6 is 0 Å². The second kappa shape index (κ2) is 42.1. The van der Waals surface area contributed by atoms with Gasteiger partial charge in [-0.15, -0.1) is 0 Å². The smallest absolute Gasteiger partial charge is 0.550 e. The van der Waals surface area contributed by atoms with E-state index in [-0.39, 0.29) is 61.7 Å². The fourth-order valence-corrected chi connectivity index (χ4v) is 7.31. The number of carbonyl (C=O) groups is 2. The Morgan fingerprint density at radius 3 is 0.966 bits per heavy atom. The van der Waals surface area contributed by atoms with Gasteiger partial charge < -0.3 is 39.5 Å². The molecule has 4 atom stereocenters. The van der Waals surface area contributed by atoms with E-state index in [9.17, 15) is 30.0 Å². The van der Waals surface area contributed by atoms with Crippen LogP contribution in [0, 0.1) is 0 Å². The molecule has 2 aromatic carbocycles. The Balaban J connectivity index is 0.00000112. The first-order valence-corrected chi connectivity index (χ1v) is 23.3. The van der Waals surface area contributed by atoms with Crippen LogP contribution in [0.2, 0.25) is 0 Å². The fraction of sp³-hybridized carbons (Fsp3) is 0.720. The third kappa shape index (κ3) is 36.0. The summed E-state index contributed by atoms with van der Waals surface area (Å²) in [4.78, 5) is 21.7. The van der Waals surface area contributed by atoms with Crippen molar-refractivity contribution in [1.82, 2.24) is 0 Å². The molecule has 0 fully saturated rings. The number of aliphatic hydroxyl groups excluding tert-OH is 2. The summed E-state index contributed by atoms with van der Waals surface area (Å²) in [5, 5.41) is 42.1. The number of carbonyl (C=O) groups excluding carboxylic acids is 2. The summed E-state index contributed by atoms with van der Waals surface area (Å²) in [6.45, 7) is 5.27. The number of hydrogen-bond acceptors (Lipinski definition) is 8. The Labute approximate surface area is 400 Å². The van der Waals surface area contributed by atoms with Crippen LogP contribution in [0.15, 0.2) is 60.7 Å². The van der Waals surface area contributed by atoms with Crippen LogP contribution in [0.25, 0.3) is 0 Å². The van der Waals surface area contributed by atoms with Crippen molar-refractivity contribution >= 4 is 60.8 Å². The van der Waals surface area contributed by atoms with Crippen molar-refractivity contribution in [3.63, 3.8) is 0 Å². The van der Waals surface area contributed by atoms with Crippen molar-refractivity contribution < 1.29 is 39.5 Å². The van der Waals surface area contributed by atoms with Crippen molar-refractivity contribution in [1.29, 1.82) is 0 Å². The molecule has 0 aliphatic carbocycles. The normalized spacial score (nSPS) is 13.1. The summed E-state index contributed by atoms with van der Waals surface area (Å²) in [5.74, 6) is -2.47. The van der Waals surface area contributed by atoms with Crippen LogP contribution in [-0.4, -0.2) is 95.4 Å². The number of hydrogen-bond donors (Lipinski definition) is 2. The van der Waals surface area contributed by atoms with Gasteiger partial charge >= 0.3 is 48.9 Å². The van der Waals surface area contributed by atoms with Crippen molar-refractivity contribution in [3.8, 4) is 0 Å². The first-order valence-electron chi connectivity index (χ1n) is 23.3. The molecule has 0 saturated heterocycles. The van der Waals surface area contributed by atoms with Crippen molar-refractivity contribution in [3.05, 3.63) is 71.8 Å². The molecule has 2 N–H and O–H groups in total. The molecular formula is C50H82BaO8. The summed E-state index contributed by atoms with van der Waals surface area (Å²) in [6.07, 6.45) is 28.2. The number of aliphatic carboxylic acids is 2. The van der Waals surface area contributed by atoms with Crippen LogP contribution in [0.4, 0.5) is 0 Å². The van der Waals surface area contributed by atoms with Crippen LogP contribution in [0.5, 0.6) is 0 Å². The molecule has 59 heavy (non-hydrogen) atoms. The zero-order valence-electron chi connectivity index (χ0n) is 37.3.